The number of methoxy groups -OCH3 is 1. The first-order chi connectivity index (χ1) is 11.1. The number of ether oxygens (including phenoxy) is 1. The third-order valence-electron chi connectivity index (χ3n) is 3.00. The van der Waals surface area contributed by atoms with Gasteiger partial charge in [0.25, 0.3) is 0 Å². The molecular weight excluding hydrogens is 349 g/mol. The minimum Gasteiger partial charge on any atom is -0.383 e. The Labute approximate surface area is 138 Å². The fraction of sp³-hybridized carbons (Fsp3) is 0.500. The maximum Gasteiger partial charge on any atom is 0.402 e. The Kier molecular flexibility index (Phi) is 7.18. The lowest BCUT2D eigenvalue weighted by molar-refractivity contribution is -0.136. The van der Waals surface area contributed by atoms with Crippen LogP contribution in [0.5, 0.6) is 0 Å². The first-order valence-corrected chi connectivity index (χ1v) is 8.50. The van der Waals surface area contributed by atoms with Gasteiger partial charge < -0.3 is 10.1 Å². The molecular formula is C14H19F3N2O4S. The minimum absolute atomic E-state index is 0.167. The maximum absolute atomic E-state index is 12.6. The van der Waals surface area contributed by atoms with Crippen molar-refractivity contribution < 1.29 is 31.1 Å². The summed E-state index contributed by atoms with van der Waals surface area (Å²) in [5.74, 6) is -0.260. The topological polar surface area (TPSA) is 75.7 Å². The van der Waals surface area contributed by atoms with Crippen molar-refractivity contribution in [2.75, 3.05) is 32.1 Å². The Morgan fingerprint density at radius 2 is 1.83 bits per heavy atom. The largest absolute Gasteiger partial charge is 0.402 e. The van der Waals surface area contributed by atoms with Crippen LogP contribution >= 0.6 is 0 Å². The van der Waals surface area contributed by atoms with Gasteiger partial charge in [-0.3, -0.25) is 4.79 Å². The van der Waals surface area contributed by atoms with E-state index in [0.29, 0.717) is 9.99 Å². The average Bonchev–Trinajstić information content (AvgIpc) is 2.50. The summed E-state index contributed by atoms with van der Waals surface area (Å²) in [5.41, 5.74) is 0.361. The average molecular weight is 368 g/mol. The van der Waals surface area contributed by atoms with Crippen molar-refractivity contribution in [1.29, 1.82) is 0 Å². The van der Waals surface area contributed by atoms with Crippen molar-refractivity contribution in [3.8, 4) is 0 Å². The van der Waals surface area contributed by atoms with Crippen LogP contribution < -0.4 is 5.32 Å². The highest BCUT2D eigenvalue weighted by Crippen LogP contribution is 2.23. The number of nitrogens with one attached hydrogen (secondary N) is 1. The Morgan fingerprint density at radius 1 is 1.25 bits per heavy atom. The molecule has 0 aliphatic carbocycles. The van der Waals surface area contributed by atoms with E-state index in [1.54, 1.807) is 6.92 Å². The second kappa shape index (κ2) is 8.45. The molecule has 0 fully saturated rings. The summed E-state index contributed by atoms with van der Waals surface area (Å²) in [6, 6.07) is 4.94. The first-order valence-electron chi connectivity index (χ1n) is 7.06. The van der Waals surface area contributed by atoms with E-state index in [2.05, 4.69) is 10.1 Å². The van der Waals surface area contributed by atoms with Gasteiger partial charge in [0.2, 0.25) is 15.9 Å². The number of rotatable bonds is 8. The molecule has 1 rings (SSSR count). The number of amides is 1. The molecule has 136 valence electrons. The number of carbonyl (C=O) groups excluding carboxylic acids is 1. The van der Waals surface area contributed by atoms with Crippen molar-refractivity contribution in [3.63, 3.8) is 0 Å². The Hall–Kier alpha value is -1.65. The van der Waals surface area contributed by atoms with Crippen LogP contribution in [0.4, 0.5) is 18.9 Å². The van der Waals surface area contributed by atoms with Crippen molar-refractivity contribution in [2.45, 2.75) is 24.4 Å². The van der Waals surface area contributed by atoms with Crippen LogP contribution in [0.25, 0.3) is 0 Å². The lowest BCUT2D eigenvalue weighted by atomic mass is 10.3. The molecule has 0 heterocycles. The van der Waals surface area contributed by atoms with Crippen LogP contribution in [0.2, 0.25) is 0 Å². The third-order valence-corrected chi connectivity index (χ3v) is 4.86. The highest BCUT2D eigenvalue weighted by atomic mass is 32.2. The van der Waals surface area contributed by atoms with E-state index in [0.717, 1.165) is 12.1 Å². The summed E-state index contributed by atoms with van der Waals surface area (Å²) in [7, 11) is -3.07. The predicted octanol–water partition coefficient (Wildman–Crippen LogP) is 2.23. The molecule has 1 aromatic carbocycles. The van der Waals surface area contributed by atoms with Gasteiger partial charge in [0.1, 0.15) is 6.54 Å². The number of sulfonamides is 1. The van der Waals surface area contributed by atoms with Gasteiger partial charge in [-0.05, 0) is 24.3 Å². The molecule has 0 radical (unpaired) electrons. The van der Waals surface area contributed by atoms with Gasteiger partial charge >= 0.3 is 6.18 Å². The van der Waals surface area contributed by atoms with E-state index in [4.69, 9.17) is 0 Å². The van der Waals surface area contributed by atoms with E-state index in [1.807, 2.05) is 0 Å². The first kappa shape index (κ1) is 20.4. The van der Waals surface area contributed by atoms with Crippen LogP contribution in [0.15, 0.2) is 29.2 Å². The number of carbonyl (C=O) groups is 1. The molecule has 10 heteroatoms. The Balaban J connectivity index is 3.03. The SMILES string of the molecule is CCC(=O)Nc1ccc(S(=O)(=O)N(CCOC)CC(F)(F)F)cc1. The van der Waals surface area contributed by atoms with Gasteiger partial charge in [-0.15, -0.1) is 0 Å². The number of halogens is 3. The molecule has 0 saturated carbocycles. The summed E-state index contributed by atoms with van der Waals surface area (Å²) in [6.45, 7) is -0.543. The smallest absolute Gasteiger partial charge is 0.383 e. The van der Waals surface area contributed by atoms with Gasteiger partial charge in [-0.25, -0.2) is 8.42 Å². The van der Waals surface area contributed by atoms with Crippen LogP contribution in [0.3, 0.4) is 0 Å². The number of hydrogen-bond acceptors (Lipinski definition) is 4. The lowest BCUT2D eigenvalue weighted by Crippen LogP contribution is -2.40. The lowest BCUT2D eigenvalue weighted by Gasteiger charge is -2.23. The normalized spacial score (nSPS) is 12.4. The summed E-state index contributed by atoms with van der Waals surface area (Å²) < 4.78 is 67.7. The number of nitrogens with zero attached hydrogens (tertiary/aromatic N) is 1. The molecule has 0 aliphatic rings. The number of hydrogen-bond donors (Lipinski definition) is 1. The number of benzene rings is 1. The molecule has 6 nitrogen and oxygen atoms in total. The van der Waals surface area contributed by atoms with Crippen LogP contribution in [-0.2, 0) is 19.6 Å². The second-order valence-electron chi connectivity index (χ2n) is 4.87. The maximum atomic E-state index is 12.6. The van der Waals surface area contributed by atoms with Crippen molar-refractivity contribution >= 4 is 21.6 Å². The molecule has 1 N–H and O–H groups in total. The molecule has 24 heavy (non-hydrogen) atoms. The van der Waals surface area contributed by atoms with Gasteiger partial charge in [0.05, 0.1) is 11.5 Å². The number of alkyl halides is 3. The zero-order valence-corrected chi connectivity index (χ0v) is 14.1. The van der Waals surface area contributed by atoms with Crippen LogP contribution in [0.1, 0.15) is 13.3 Å². The molecule has 0 spiro atoms. The zero-order valence-electron chi connectivity index (χ0n) is 13.3. The monoisotopic (exact) mass is 368 g/mol. The highest BCUT2D eigenvalue weighted by molar-refractivity contribution is 7.89. The van der Waals surface area contributed by atoms with Gasteiger partial charge in [-0.2, -0.15) is 17.5 Å². The summed E-state index contributed by atoms with van der Waals surface area (Å²) >= 11 is 0. The molecule has 1 amide bonds. The van der Waals surface area contributed by atoms with E-state index in [9.17, 15) is 26.4 Å². The van der Waals surface area contributed by atoms with Gasteiger partial charge in [-0.1, -0.05) is 6.92 Å². The predicted molar refractivity (Wildman–Crippen MR) is 82.1 cm³/mol. The summed E-state index contributed by atoms with van der Waals surface area (Å²) in [6.07, 6.45) is -4.42. The van der Waals surface area contributed by atoms with Crippen LogP contribution in [-0.4, -0.2) is 51.6 Å². The zero-order chi connectivity index (χ0) is 18.4. The van der Waals surface area contributed by atoms with Crippen molar-refractivity contribution in [2.24, 2.45) is 0 Å². The van der Waals surface area contributed by atoms with Crippen molar-refractivity contribution in [1.82, 2.24) is 4.31 Å². The molecule has 0 bridgehead atoms. The summed E-state index contributed by atoms with van der Waals surface area (Å²) in [5, 5.41) is 2.52. The molecule has 0 aromatic heterocycles. The van der Waals surface area contributed by atoms with Gasteiger partial charge in [0.15, 0.2) is 0 Å². The fourth-order valence-electron chi connectivity index (χ4n) is 1.79. The quantitative estimate of drug-likeness (QED) is 0.764. The standard InChI is InChI=1S/C14H19F3N2O4S/c1-3-13(20)18-11-4-6-12(7-5-11)24(21,22)19(8-9-23-2)10-14(15,16)17/h4-7H,3,8-10H2,1-2H3,(H,18,20). The Morgan fingerprint density at radius 3 is 2.29 bits per heavy atom. The van der Waals surface area contributed by atoms with E-state index < -0.39 is 29.3 Å². The van der Waals surface area contributed by atoms with Crippen LogP contribution in [0, 0.1) is 0 Å². The molecule has 0 saturated heterocycles. The number of anilines is 1. The van der Waals surface area contributed by atoms with E-state index in [-0.39, 0.29) is 23.8 Å². The second-order valence-corrected chi connectivity index (χ2v) is 6.81. The van der Waals surface area contributed by atoms with E-state index >= 15 is 0 Å². The third kappa shape index (κ3) is 6.10. The molecule has 0 aliphatic heterocycles. The van der Waals surface area contributed by atoms with Gasteiger partial charge in [0, 0.05) is 25.8 Å². The Bertz CT molecular complexity index is 645. The fourth-order valence-corrected chi connectivity index (χ4v) is 3.20. The minimum atomic E-state index is -4.67. The van der Waals surface area contributed by atoms with Crippen molar-refractivity contribution in [3.05, 3.63) is 24.3 Å². The molecule has 0 atom stereocenters. The molecule has 0 unspecified atom stereocenters. The summed E-state index contributed by atoms with van der Waals surface area (Å²) in [4.78, 5) is 11.0. The molecule has 1 aromatic rings. The van der Waals surface area contributed by atoms with E-state index in [1.165, 1.54) is 19.2 Å². The highest BCUT2D eigenvalue weighted by Gasteiger charge is 2.36.